The summed E-state index contributed by atoms with van der Waals surface area (Å²) < 4.78 is 26.5. The highest BCUT2D eigenvalue weighted by Crippen LogP contribution is 2.25. The zero-order valence-corrected chi connectivity index (χ0v) is 21.0. The van der Waals surface area contributed by atoms with Crippen molar-refractivity contribution in [2.24, 2.45) is 0 Å². The molecule has 2 aromatic rings. The summed E-state index contributed by atoms with van der Waals surface area (Å²) in [6.45, 7) is 1.14. The van der Waals surface area contributed by atoms with E-state index in [1.807, 2.05) is 0 Å². The van der Waals surface area contributed by atoms with E-state index < -0.39 is 28.5 Å². The maximum atomic E-state index is 13.2. The lowest BCUT2D eigenvalue weighted by Crippen LogP contribution is -2.50. The minimum atomic E-state index is -3.77. The molecule has 168 valence electrons. The fraction of sp³-hybridized carbons (Fsp3) is 0.300. The van der Waals surface area contributed by atoms with Crippen LogP contribution in [0, 0.1) is 0 Å². The van der Waals surface area contributed by atoms with Gasteiger partial charge in [-0.05, 0) is 42.8 Å². The number of nitrogens with zero attached hydrogens (tertiary/aromatic N) is 2. The van der Waals surface area contributed by atoms with Crippen LogP contribution in [0.5, 0.6) is 0 Å². The third-order valence-corrected chi connectivity index (χ3v) is 6.90. The number of hydrogen-bond donors (Lipinski definition) is 1. The predicted molar refractivity (Wildman–Crippen MR) is 127 cm³/mol. The van der Waals surface area contributed by atoms with Crippen LogP contribution in [0.3, 0.4) is 0 Å². The van der Waals surface area contributed by atoms with Gasteiger partial charge in [-0.1, -0.05) is 51.3 Å². The van der Waals surface area contributed by atoms with Crippen LogP contribution in [-0.4, -0.2) is 51.0 Å². The number of likely N-dealkylation sites (N-methyl/N-ethyl adjacent to an activating group) is 1. The zero-order valence-electron chi connectivity index (χ0n) is 17.1. The van der Waals surface area contributed by atoms with Crippen molar-refractivity contribution in [1.82, 2.24) is 10.2 Å². The van der Waals surface area contributed by atoms with Crippen molar-refractivity contribution in [3.8, 4) is 0 Å². The second-order valence-corrected chi connectivity index (χ2v) is 10.4. The number of sulfonamides is 1. The Labute approximate surface area is 200 Å². The van der Waals surface area contributed by atoms with Gasteiger partial charge in [-0.2, -0.15) is 0 Å². The first-order valence-electron chi connectivity index (χ1n) is 9.12. The summed E-state index contributed by atoms with van der Waals surface area (Å²) in [5.41, 5.74) is 0.971. The van der Waals surface area contributed by atoms with E-state index in [-0.39, 0.29) is 12.5 Å². The summed E-state index contributed by atoms with van der Waals surface area (Å²) >= 11 is 15.3. The van der Waals surface area contributed by atoms with E-state index in [9.17, 15) is 18.0 Å². The van der Waals surface area contributed by atoms with Gasteiger partial charge in [0, 0.05) is 18.1 Å². The molecule has 2 aromatic carbocycles. The van der Waals surface area contributed by atoms with Gasteiger partial charge in [0.1, 0.15) is 12.6 Å². The van der Waals surface area contributed by atoms with Gasteiger partial charge < -0.3 is 10.2 Å². The van der Waals surface area contributed by atoms with Gasteiger partial charge in [0.2, 0.25) is 21.8 Å². The van der Waals surface area contributed by atoms with E-state index in [1.54, 1.807) is 49.4 Å². The summed E-state index contributed by atoms with van der Waals surface area (Å²) in [6.07, 6.45) is 1.02. The SMILES string of the molecule is CNC(=O)C(C)N(Cc1ccc(Cl)c(Cl)c1)C(=O)CN(c1cccc(Br)c1)S(C)(=O)=O. The van der Waals surface area contributed by atoms with E-state index in [1.165, 1.54) is 11.9 Å². The van der Waals surface area contributed by atoms with Gasteiger partial charge in [0.05, 0.1) is 22.0 Å². The molecule has 0 bridgehead atoms. The number of rotatable bonds is 8. The van der Waals surface area contributed by atoms with Crippen LogP contribution in [0.2, 0.25) is 10.0 Å². The van der Waals surface area contributed by atoms with Gasteiger partial charge in [-0.25, -0.2) is 8.42 Å². The number of carbonyl (C=O) groups is 2. The molecule has 0 spiro atoms. The molecule has 0 aliphatic carbocycles. The molecular weight excluding hydrogens is 529 g/mol. The highest BCUT2D eigenvalue weighted by molar-refractivity contribution is 9.10. The third-order valence-electron chi connectivity index (χ3n) is 4.53. The van der Waals surface area contributed by atoms with Gasteiger partial charge in [0.15, 0.2) is 0 Å². The summed E-state index contributed by atoms with van der Waals surface area (Å²) in [4.78, 5) is 26.8. The van der Waals surface area contributed by atoms with Crippen LogP contribution in [-0.2, 0) is 26.2 Å². The largest absolute Gasteiger partial charge is 0.357 e. The number of nitrogens with one attached hydrogen (secondary N) is 1. The molecule has 1 unspecified atom stereocenters. The highest BCUT2D eigenvalue weighted by Gasteiger charge is 2.29. The minimum Gasteiger partial charge on any atom is -0.357 e. The van der Waals surface area contributed by atoms with Crippen LogP contribution >= 0.6 is 39.1 Å². The standard InChI is InChI=1S/C20H22BrCl2N3O4S/c1-13(20(28)24-2)25(11-14-7-8-17(22)18(23)9-14)19(27)12-26(31(3,29)30)16-6-4-5-15(21)10-16/h4-10,13H,11-12H2,1-3H3,(H,24,28). The Morgan fingerprint density at radius 3 is 2.35 bits per heavy atom. The summed E-state index contributed by atoms with van der Waals surface area (Å²) in [6, 6.07) is 10.6. The Bertz CT molecular complexity index is 1080. The Morgan fingerprint density at radius 1 is 1.13 bits per heavy atom. The molecule has 0 heterocycles. The molecule has 2 rings (SSSR count). The Hall–Kier alpha value is -1.81. The van der Waals surface area contributed by atoms with Crippen molar-refractivity contribution in [2.75, 3.05) is 24.2 Å². The molecule has 1 N–H and O–H groups in total. The van der Waals surface area contributed by atoms with Crippen molar-refractivity contribution in [3.05, 3.63) is 62.5 Å². The fourth-order valence-electron chi connectivity index (χ4n) is 2.87. The average Bonchev–Trinajstić information content (AvgIpc) is 2.70. The van der Waals surface area contributed by atoms with Gasteiger partial charge in [0.25, 0.3) is 0 Å². The first kappa shape index (κ1) is 25.5. The number of carbonyl (C=O) groups excluding carboxylic acids is 2. The van der Waals surface area contributed by atoms with Crippen molar-refractivity contribution >= 4 is 66.7 Å². The van der Waals surface area contributed by atoms with E-state index >= 15 is 0 Å². The fourth-order valence-corrected chi connectivity index (χ4v) is 4.42. The molecule has 0 radical (unpaired) electrons. The van der Waals surface area contributed by atoms with Gasteiger partial charge >= 0.3 is 0 Å². The first-order valence-corrected chi connectivity index (χ1v) is 12.5. The summed E-state index contributed by atoms with van der Waals surface area (Å²) in [7, 11) is -2.31. The van der Waals surface area contributed by atoms with E-state index in [0.29, 0.717) is 25.8 Å². The maximum Gasteiger partial charge on any atom is 0.244 e. The number of halogens is 3. The molecule has 7 nitrogen and oxygen atoms in total. The molecular formula is C20H22BrCl2N3O4S. The first-order chi connectivity index (χ1) is 14.4. The quantitative estimate of drug-likeness (QED) is 0.543. The normalized spacial score (nSPS) is 12.2. The average molecular weight is 551 g/mol. The number of benzene rings is 2. The highest BCUT2D eigenvalue weighted by atomic mass is 79.9. The van der Waals surface area contributed by atoms with E-state index in [4.69, 9.17) is 23.2 Å². The third kappa shape index (κ3) is 6.83. The van der Waals surface area contributed by atoms with Crippen molar-refractivity contribution in [1.29, 1.82) is 0 Å². The van der Waals surface area contributed by atoms with Crippen molar-refractivity contribution in [2.45, 2.75) is 19.5 Å². The summed E-state index contributed by atoms with van der Waals surface area (Å²) in [5.74, 6) is -0.936. The number of hydrogen-bond acceptors (Lipinski definition) is 4. The van der Waals surface area contributed by atoms with E-state index in [0.717, 1.165) is 10.6 Å². The minimum absolute atomic E-state index is 0.0421. The van der Waals surface area contributed by atoms with Crippen LogP contribution < -0.4 is 9.62 Å². The topological polar surface area (TPSA) is 86.8 Å². The molecule has 2 amide bonds. The van der Waals surface area contributed by atoms with Crippen molar-refractivity contribution < 1.29 is 18.0 Å². The lowest BCUT2D eigenvalue weighted by Gasteiger charge is -2.31. The molecule has 31 heavy (non-hydrogen) atoms. The molecule has 0 saturated heterocycles. The summed E-state index contributed by atoms with van der Waals surface area (Å²) in [5, 5.41) is 3.18. The molecule has 1 atom stereocenters. The van der Waals surface area contributed by atoms with Crippen molar-refractivity contribution in [3.63, 3.8) is 0 Å². The molecule has 0 aliphatic heterocycles. The van der Waals surface area contributed by atoms with Crippen LogP contribution in [0.15, 0.2) is 46.9 Å². The van der Waals surface area contributed by atoms with Crippen LogP contribution in [0.25, 0.3) is 0 Å². The Balaban J connectivity index is 2.40. The lowest BCUT2D eigenvalue weighted by atomic mass is 10.1. The van der Waals surface area contributed by atoms with Crippen LogP contribution in [0.4, 0.5) is 5.69 Å². The Kier molecular flexibility index (Phi) is 8.76. The molecule has 0 aromatic heterocycles. The zero-order chi connectivity index (χ0) is 23.3. The van der Waals surface area contributed by atoms with Gasteiger partial charge in [-0.15, -0.1) is 0 Å². The lowest BCUT2D eigenvalue weighted by molar-refractivity contribution is -0.139. The molecule has 11 heteroatoms. The van der Waals surface area contributed by atoms with E-state index in [2.05, 4.69) is 21.2 Å². The molecule has 0 saturated carbocycles. The van der Waals surface area contributed by atoms with Gasteiger partial charge in [-0.3, -0.25) is 13.9 Å². The van der Waals surface area contributed by atoms with Crippen LogP contribution in [0.1, 0.15) is 12.5 Å². The predicted octanol–water partition coefficient (Wildman–Crippen LogP) is 3.69. The number of amides is 2. The monoisotopic (exact) mass is 549 g/mol. The smallest absolute Gasteiger partial charge is 0.244 e. The Morgan fingerprint density at radius 2 is 1.81 bits per heavy atom. The second-order valence-electron chi connectivity index (χ2n) is 6.81. The molecule has 0 aliphatic rings. The number of anilines is 1. The second kappa shape index (κ2) is 10.7. The maximum absolute atomic E-state index is 13.2. The molecule has 0 fully saturated rings.